The second kappa shape index (κ2) is 6.40. The molecule has 0 bridgehead atoms. The van der Waals surface area contributed by atoms with Crippen molar-refractivity contribution >= 4 is 11.6 Å². The summed E-state index contributed by atoms with van der Waals surface area (Å²) in [4.78, 5) is 12.2. The number of nitrogens with two attached hydrogens (primary N) is 1. The molecular formula is C14H21N3O. The van der Waals surface area contributed by atoms with Crippen molar-refractivity contribution in [2.75, 3.05) is 5.43 Å². The fourth-order valence-electron chi connectivity index (χ4n) is 2.49. The van der Waals surface area contributed by atoms with E-state index in [1.807, 2.05) is 18.2 Å². The highest BCUT2D eigenvalue weighted by Crippen LogP contribution is 2.19. The highest BCUT2D eigenvalue weighted by Gasteiger charge is 2.17. The van der Waals surface area contributed by atoms with Crippen LogP contribution in [0.3, 0.4) is 0 Å². The van der Waals surface area contributed by atoms with E-state index in [1.54, 1.807) is 6.07 Å². The predicted octanol–water partition coefficient (Wildman–Crippen LogP) is 2.42. The highest BCUT2D eigenvalue weighted by atomic mass is 16.1. The molecule has 1 amide bonds. The standard InChI is InChI=1S/C14H21N3O/c15-17-13-10-6-5-9-12(13)14(18)16-11-7-3-1-2-4-8-11/h5-6,9-11,17H,1-4,7-8,15H2,(H,16,18). The van der Waals surface area contributed by atoms with Gasteiger partial charge < -0.3 is 10.7 Å². The van der Waals surface area contributed by atoms with Crippen molar-refractivity contribution in [3.8, 4) is 0 Å². The lowest BCUT2D eigenvalue weighted by molar-refractivity contribution is 0.0934. The van der Waals surface area contributed by atoms with Crippen molar-refractivity contribution in [1.82, 2.24) is 5.32 Å². The molecule has 2 rings (SSSR count). The van der Waals surface area contributed by atoms with Gasteiger partial charge in [0.2, 0.25) is 0 Å². The molecule has 1 fully saturated rings. The summed E-state index contributed by atoms with van der Waals surface area (Å²) in [6, 6.07) is 7.62. The van der Waals surface area contributed by atoms with E-state index in [9.17, 15) is 4.79 Å². The Bertz CT molecular complexity index is 398. The lowest BCUT2D eigenvalue weighted by atomic mass is 10.1. The quantitative estimate of drug-likeness (QED) is 0.436. The van der Waals surface area contributed by atoms with Gasteiger partial charge in [0.05, 0.1) is 11.3 Å². The molecule has 4 N–H and O–H groups in total. The number of amides is 1. The number of hydrogen-bond donors (Lipinski definition) is 3. The van der Waals surface area contributed by atoms with E-state index in [1.165, 1.54) is 25.7 Å². The summed E-state index contributed by atoms with van der Waals surface area (Å²) >= 11 is 0. The summed E-state index contributed by atoms with van der Waals surface area (Å²) in [7, 11) is 0. The topological polar surface area (TPSA) is 67.1 Å². The molecule has 0 radical (unpaired) electrons. The van der Waals surface area contributed by atoms with Crippen LogP contribution in [0.25, 0.3) is 0 Å². The molecule has 1 aliphatic rings. The van der Waals surface area contributed by atoms with E-state index < -0.39 is 0 Å². The third kappa shape index (κ3) is 3.23. The lowest BCUT2D eigenvalue weighted by Crippen LogP contribution is -2.35. The molecule has 0 spiro atoms. The average molecular weight is 247 g/mol. The monoisotopic (exact) mass is 247 g/mol. The van der Waals surface area contributed by atoms with Crippen LogP contribution in [0.2, 0.25) is 0 Å². The van der Waals surface area contributed by atoms with E-state index >= 15 is 0 Å². The van der Waals surface area contributed by atoms with Crippen LogP contribution in [0.4, 0.5) is 5.69 Å². The molecule has 1 aromatic rings. The van der Waals surface area contributed by atoms with Crippen molar-refractivity contribution < 1.29 is 4.79 Å². The van der Waals surface area contributed by atoms with Crippen molar-refractivity contribution in [1.29, 1.82) is 0 Å². The van der Waals surface area contributed by atoms with Gasteiger partial charge in [-0.25, -0.2) is 0 Å². The van der Waals surface area contributed by atoms with E-state index in [2.05, 4.69) is 10.7 Å². The summed E-state index contributed by atoms with van der Waals surface area (Å²) < 4.78 is 0. The van der Waals surface area contributed by atoms with E-state index in [-0.39, 0.29) is 5.91 Å². The molecule has 0 heterocycles. The third-order valence-corrected chi connectivity index (χ3v) is 3.52. The Morgan fingerprint density at radius 3 is 2.44 bits per heavy atom. The number of nitrogens with one attached hydrogen (secondary N) is 2. The zero-order chi connectivity index (χ0) is 12.8. The molecule has 0 aromatic heterocycles. The minimum Gasteiger partial charge on any atom is -0.349 e. The number of carbonyl (C=O) groups is 1. The zero-order valence-corrected chi connectivity index (χ0v) is 10.6. The van der Waals surface area contributed by atoms with Gasteiger partial charge >= 0.3 is 0 Å². The summed E-state index contributed by atoms with van der Waals surface area (Å²) in [6.07, 6.45) is 7.16. The maximum atomic E-state index is 12.2. The van der Waals surface area contributed by atoms with Crippen molar-refractivity contribution in [2.45, 2.75) is 44.6 Å². The summed E-state index contributed by atoms with van der Waals surface area (Å²) in [5.41, 5.74) is 3.85. The van der Waals surface area contributed by atoms with Crippen LogP contribution >= 0.6 is 0 Å². The van der Waals surface area contributed by atoms with Gasteiger partial charge in [0.1, 0.15) is 0 Å². The molecule has 4 nitrogen and oxygen atoms in total. The Balaban J connectivity index is 2.02. The van der Waals surface area contributed by atoms with E-state index in [4.69, 9.17) is 5.84 Å². The van der Waals surface area contributed by atoms with Gasteiger partial charge in [-0.3, -0.25) is 10.6 Å². The molecule has 1 saturated carbocycles. The number of anilines is 1. The molecule has 1 aliphatic carbocycles. The Kier molecular flexibility index (Phi) is 4.59. The largest absolute Gasteiger partial charge is 0.349 e. The van der Waals surface area contributed by atoms with Crippen LogP contribution in [0.5, 0.6) is 0 Å². The van der Waals surface area contributed by atoms with Crippen LogP contribution < -0.4 is 16.6 Å². The van der Waals surface area contributed by atoms with Crippen molar-refractivity contribution in [2.24, 2.45) is 5.84 Å². The summed E-state index contributed by atoms with van der Waals surface area (Å²) in [5, 5.41) is 3.12. The molecule has 1 aromatic carbocycles. The molecule has 0 unspecified atom stereocenters. The van der Waals surface area contributed by atoms with Crippen molar-refractivity contribution in [3.63, 3.8) is 0 Å². The maximum absolute atomic E-state index is 12.2. The van der Waals surface area contributed by atoms with Crippen LogP contribution in [-0.4, -0.2) is 11.9 Å². The molecule has 0 atom stereocenters. The first-order valence-electron chi connectivity index (χ1n) is 6.68. The number of rotatable bonds is 3. The van der Waals surface area contributed by atoms with Gasteiger partial charge in [-0.15, -0.1) is 0 Å². The SMILES string of the molecule is NNc1ccccc1C(=O)NC1CCCCCC1. The minimum atomic E-state index is -0.0320. The summed E-state index contributed by atoms with van der Waals surface area (Å²) in [6.45, 7) is 0. The number of carbonyl (C=O) groups excluding carboxylic acids is 1. The Morgan fingerprint density at radius 2 is 1.78 bits per heavy atom. The maximum Gasteiger partial charge on any atom is 0.253 e. The lowest BCUT2D eigenvalue weighted by Gasteiger charge is -2.17. The zero-order valence-electron chi connectivity index (χ0n) is 10.6. The summed E-state index contributed by atoms with van der Waals surface area (Å²) in [5.74, 6) is 5.38. The van der Waals surface area contributed by atoms with Gasteiger partial charge in [-0.05, 0) is 25.0 Å². The number of nitrogen functional groups attached to an aromatic ring is 1. The van der Waals surface area contributed by atoms with Crippen LogP contribution in [0.1, 0.15) is 48.9 Å². The Labute approximate surface area is 108 Å². The first kappa shape index (κ1) is 12.9. The second-order valence-corrected chi connectivity index (χ2v) is 4.85. The normalized spacial score (nSPS) is 16.9. The number of para-hydroxylation sites is 1. The average Bonchev–Trinajstić information content (AvgIpc) is 2.67. The fourth-order valence-corrected chi connectivity index (χ4v) is 2.49. The van der Waals surface area contributed by atoms with Crippen LogP contribution in [-0.2, 0) is 0 Å². The van der Waals surface area contributed by atoms with Gasteiger partial charge in [-0.1, -0.05) is 37.8 Å². The molecule has 0 aliphatic heterocycles. The Hall–Kier alpha value is -1.55. The number of hydrazine groups is 1. The fraction of sp³-hybridized carbons (Fsp3) is 0.500. The Morgan fingerprint density at radius 1 is 1.11 bits per heavy atom. The molecule has 4 heteroatoms. The molecule has 18 heavy (non-hydrogen) atoms. The van der Waals surface area contributed by atoms with Crippen molar-refractivity contribution in [3.05, 3.63) is 29.8 Å². The number of hydrogen-bond acceptors (Lipinski definition) is 3. The first-order chi connectivity index (χ1) is 8.81. The van der Waals surface area contributed by atoms with Gasteiger partial charge in [0, 0.05) is 6.04 Å². The van der Waals surface area contributed by atoms with Gasteiger partial charge in [0.15, 0.2) is 0 Å². The van der Waals surface area contributed by atoms with E-state index in [0.29, 0.717) is 17.3 Å². The molecule has 98 valence electrons. The number of benzene rings is 1. The smallest absolute Gasteiger partial charge is 0.253 e. The van der Waals surface area contributed by atoms with Gasteiger partial charge in [0.25, 0.3) is 5.91 Å². The molecular weight excluding hydrogens is 226 g/mol. The minimum absolute atomic E-state index is 0.0320. The van der Waals surface area contributed by atoms with E-state index in [0.717, 1.165) is 12.8 Å². The van der Waals surface area contributed by atoms with Crippen LogP contribution in [0, 0.1) is 0 Å². The first-order valence-corrected chi connectivity index (χ1v) is 6.68. The second-order valence-electron chi connectivity index (χ2n) is 4.85. The highest BCUT2D eigenvalue weighted by molar-refractivity contribution is 5.99. The van der Waals surface area contributed by atoms with Crippen LogP contribution in [0.15, 0.2) is 24.3 Å². The predicted molar refractivity (Wildman–Crippen MR) is 73.2 cm³/mol. The third-order valence-electron chi connectivity index (χ3n) is 3.52. The molecule has 0 saturated heterocycles. The van der Waals surface area contributed by atoms with Gasteiger partial charge in [-0.2, -0.15) is 0 Å².